The van der Waals surface area contributed by atoms with Crippen molar-refractivity contribution in [2.45, 2.75) is 101 Å². The summed E-state index contributed by atoms with van der Waals surface area (Å²) in [4.78, 5) is 0. The molecule has 66 heavy (non-hydrogen) atoms. The van der Waals surface area contributed by atoms with Gasteiger partial charge >= 0.3 is 0 Å². The lowest BCUT2D eigenvalue weighted by Gasteiger charge is -2.49. The molecule has 11 heteroatoms. The molecule has 3 heterocycles. The standard InChI is InChI=1S/C55H58O11/c1-56-54-51(60-35-42-26-14-5-15-27-42)49(58-33-40-22-10-3-11-23-40)47(57-32-39-20-8-2-9-21-39)45(64-54)37-63-55-52(61-36-43-28-16-6-17-29-43)50(59-34-41-24-12-4-13-25-41)48-46(65-55)38-62-53(66-48)44-30-18-7-19-31-44/h2-31,45-55H,32-38H2,1H3/t45-,46-,47-,48-,49+,50+,51-,52+,53?,54+,55?/m1/s1. The third kappa shape index (κ3) is 12.1. The van der Waals surface area contributed by atoms with Crippen LogP contribution < -0.4 is 0 Å². The van der Waals surface area contributed by atoms with Gasteiger partial charge in [-0.15, -0.1) is 0 Å². The SMILES string of the molecule is CO[C@H]1O[C@H](COC2O[C@@H]3COC(c4ccccc4)O[C@H]3[C@H](OCc3ccccc3)[C@@H]2OCc2ccccc2)[C@@H](OCc2ccccc2)[C@H](OCc2ccccc2)[C@H]1OCc1ccccc1. The van der Waals surface area contributed by atoms with Crippen LogP contribution >= 0.6 is 0 Å². The van der Waals surface area contributed by atoms with Gasteiger partial charge in [0.2, 0.25) is 0 Å². The van der Waals surface area contributed by atoms with E-state index in [1.165, 1.54) is 0 Å². The van der Waals surface area contributed by atoms with Crippen molar-refractivity contribution in [2.24, 2.45) is 0 Å². The van der Waals surface area contributed by atoms with E-state index < -0.39 is 67.7 Å². The third-order valence-electron chi connectivity index (χ3n) is 12.0. The summed E-state index contributed by atoms with van der Waals surface area (Å²) in [6.07, 6.45) is -7.59. The zero-order chi connectivity index (χ0) is 44.8. The number of fused-ring (bicyclic) bond motifs is 1. The summed E-state index contributed by atoms with van der Waals surface area (Å²) in [6.45, 7) is 1.76. The van der Waals surface area contributed by atoms with Gasteiger partial charge in [-0.3, -0.25) is 0 Å². The number of methoxy groups -OCH3 is 1. The predicted octanol–water partition coefficient (Wildman–Crippen LogP) is 9.14. The number of hydrogen-bond donors (Lipinski definition) is 0. The molecule has 0 spiro atoms. The molecule has 0 saturated carbocycles. The van der Waals surface area contributed by atoms with Gasteiger partial charge in [-0.2, -0.15) is 0 Å². The summed E-state index contributed by atoms with van der Waals surface area (Å²) >= 11 is 0. The zero-order valence-electron chi connectivity index (χ0n) is 37.1. The Bertz CT molecular complexity index is 2170. The van der Waals surface area contributed by atoms with Crippen LogP contribution in [0, 0.1) is 0 Å². The van der Waals surface area contributed by atoms with Crippen LogP contribution in [0.25, 0.3) is 0 Å². The molecule has 2 unspecified atom stereocenters. The lowest BCUT2D eigenvalue weighted by Crippen LogP contribution is -2.65. The minimum atomic E-state index is -0.939. The van der Waals surface area contributed by atoms with Crippen molar-refractivity contribution in [2.75, 3.05) is 20.3 Å². The molecule has 0 N–H and O–H groups in total. The predicted molar refractivity (Wildman–Crippen MR) is 245 cm³/mol. The fourth-order valence-corrected chi connectivity index (χ4v) is 8.62. The Labute approximate surface area is 387 Å². The molecule has 3 aliphatic heterocycles. The Balaban J connectivity index is 1.02. The second-order valence-corrected chi connectivity index (χ2v) is 16.6. The molecule has 0 aromatic heterocycles. The van der Waals surface area contributed by atoms with E-state index in [0.717, 1.165) is 33.4 Å². The molecule has 3 fully saturated rings. The van der Waals surface area contributed by atoms with Crippen molar-refractivity contribution in [1.29, 1.82) is 0 Å². The largest absolute Gasteiger partial charge is 0.368 e. The van der Waals surface area contributed by atoms with Crippen LogP contribution in [0.15, 0.2) is 182 Å². The minimum Gasteiger partial charge on any atom is -0.368 e. The van der Waals surface area contributed by atoms with Gasteiger partial charge in [0.1, 0.15) is 48.8 Å². The highest BCUT2D eigenvalue weighted by atomic mass is 16.8. The maximum absolute atomic E-state index is 6.92. The van der Waals surface area contributed by atoms with Gasteiger partial charge in [-0.05, 0) is 27.8 Å². The van der Waals surface area contributed by atoms with Crippen LogP contribution in [-0.4, -0.2) is 81.7 Å². The average Bonchev–Trinajstić information content (AvgIpc) is 3.39. The van der Waals surface area contributed by atoms with Gasteiger partial charge < -0.3 is 52.1 Å². The summed E-state index contributed by atoms with van der Waals surface area (Å²) in [7, 11) is 1.61. The number of benzene rings is 6. The molecule has 6 aromatic rings. The Morgan fingerprint density at radius 2 is 0.788 bits per heavy atom. The highest BCUT2D eigenvalue weighted by Crippen LogP contribution is 2.38. The molecular formula is C55H58O11. The Morgan fingerprint density at radius 1 is 0.394 bits per heavy atom. The fraction of sp³-hybridized carbons (Fsp3) is 0.345. The number of ether oxygens (including phenoxy) is 11. The molecule has 9 rings (SSSR count). The zero-order valence-corrected chi connectivity index (χ0v) is 37.1. The van der Waals surface area contributed by atoms with E-state index in [1.54, 1.807) is 7.11 Å². The van der Waals surface area contributed by atoms with E-state index in [4.69, 9.17) is 52.1 Å². The van der Waals surface area contributed by atoms with Crippen molar-refractivity contribution in [3.05, 3.63) is 215 Å². The van der Waals surface area contributed by atoms with Crippen LogP contribution in [0.4, 0.5) is 0 Å². The normalized spacial score (nSPS) is 27.5. The van der Waals surface area contributed by atoms with Gasteiger partial charge in [0.25, 0.3) is 0 Å². The van der Waals surface area contributed by atoms with Crippen LogP contribution in [0.2, 0.25) is 0 Å². The van der Waals surface area contributed by atoms with E-state index >= 15 is 0 Å². The first-order chi connectivity index (χ1) is 32.7. The van der Waals surface area contributed by atoms with E-state index in [9.17, 15) is 0 Å². The van der Waals surface area contributed by atoms with Crippen LogP contribution in [0.1, 0.15) is 39.7 Å². The highest BCUT2D eigenvalue weighted by molar-refractivity contribution is 5.19. The molecule has 0 radical (unpaired) electrons. The van der Waals surface area contributed by atoms with Crippen molar-refractivity contribution in [3.63, 3.8) is 0 Å². The van der Waals surface area contributed by atoms with Crippen molar-refractivity contribution >= 4 is 0 Å². The lowest BCUT2D eigenvalue weighted by atomic mass is 9.96. The molecule has 0 bridgehead atoms. The summed E-state index contributed by atoms with van der Waals surface area (Å²) in [5.41, 5.74) is 5.91. The van der Waals surface area contributed by atoms with E-state index in [2.05, 4.69) is 0 Å². The quantitative estimate of drug-likeness (QED) is 0.0734. The fourth-order valence-electron chi connectivity index (χ4n) is 8.62. The Hall–Kier alpha value is -5.12. The van der Waals surface area contributed by atoms with Crippen molar-refractivity contribution in [1.82, 2.24) is 0 Å². The summed E-state index contributed by atoms with van der Waals surface area (Å²) < 4.78 is 73.9. The summed E-state index contributed by atoms with van der Waals surface area (Å²) in [5, 5.41) is 0. The topological polar surface area (TPSA) is 102 Å². The first kappa shape index (κ1) is 46.0. The molecule has 3 aliphatic rings. The molecule has 0 amide bonds. The number of hydrogen-bond acceptors (Lipinski definition) is 11. The summed E-state index contributed by atoms with van der Waals surface area (Å²) in [6, 6.07) is 60.1. The average molecular weight is 895 g/mol. The minimum absolute atomic E-state index is 0.0168. The molecular weight excluding hydrogens is 837 g/mol. The Morgan fingerprint density at radius 3 is 1.24 bits per heavy atom. The second kappa shape index (κ2) is 23.6. The first-order valence-corrected chi connectivity index (χ1v) is 22.7. The number of rotatable bonds is 20. The maximum Gasteiger partial charge on any atom is 0.187 e. The third-order valence-corrected chi connectivity index (χ3v) is 12.0. The molecule has 344 valence electrons. The van der Waals surface area contributed by atoms with Gasteiger partial charge in [-0.1, -0.05) is 182 Å². The first-order valence-electron chi connectivity index (χ1n) is 22.7. The van der Waals surface area contributed by atoms with Gasteiger partial charge in [0, 0.05) is 12.7 Å². The molecule has 3 saturated heterocycles. The van der Waals surface area contributed by atoms with E-state index in [-0.39, 0.29) is 19.8 Å². The lowest BCUT2D eigenvalue weighted by molar-refractivity contribution is -0.379. The van der Waals surface area contributed by atoms with Gasteiger partial charge in [-0.25, -0.2) is 0 Å². The van der Waals surface area contributed by atoms with Crippen molar-refractivity contribution in [3.8, 4) is 0 Å². The van der Waals surface area contributed by atoms with E-state index in [0.29, 0.717) is 26.4 Å². The molecule has 11 nitrogen and oxygen atoms in total. The van der Waals surface area contributed by atoms with Crippen LogP contribution in [-0.2, 0) is 85.1 Å². The van der Waals surface area contributed by atoms with Gasteiger partial charge in [0.05, 0.1) is 46.2 Å². The van der Waals surface area contributed by atoms with Crippen LogP contribution in [0.5, 0.6) is 0 Å². The molecule has 0 aliphatic carbocycles. The smallest absolute Gasteiger partial charge is 0.187 e. The van der Waals surface area contributed by atoms with Crippen LogP contribution in [0.3, 0.4) is 0 Å². The molecule has 6 aromatic carbocycles. The maximum atomic E-state index is 6.92. The van der Waals surface area contributed by atoms with Gasteiger partial charge in [0.15, 0.2) is 18.9 Å². The monoisotopic (exact) mass is 894 g/mol. The Kier molecular flexibility index (Phi) is 16.4. The van der Waals surface area contributed by atoms with Crippen molar-refractivity contribution < 1.29 is 52.1 Å². The van der Waals surface area contributed by atoms with E-state index in [1.807, 2.05) is 182 Å². The molecule has 11 atom stereocenters. The summed E-state index contributed by atoms with van der Waals surface area (Å²) in [5.74, 6) is 0. The second-order valence-electron chi connectivity index (χ2n) is 16.6. The highest BCUT2D eigenvalue weighted by Gasteiger charge is 2.54.